The molecule has 1 saturated heterocycles. The van der Waals surface area contributed by atoms with E-state index in [1.165, 1.54) is 0 Å². The lowest BCUT2D eigenvalue weighted by molar-refractivity contribution is 0.0783. The van der Waals surface area contributed by atoms with Gasteiger partial charge in [0.1, 0.15) is 6.10 Å². The Kier molecular flexibility index (Phi) is 3.20. The van der Waals surface area contributed by atoms with Crippen LogP contribution in [0.5, 0.6) is 0 Å². The molecular formula is C7H12N2O. The van der Waals surface area contributed by atoms with Crippen molar-refractivity contribution < 1.29 is 4.74 Å². The van der Waals surface area contributed by atoms with Gasteiger partial charge in [0, 0.05) is 13.2 Å². The van der Waals surface area contributed by atoms with Gasteiger partial charge in [0.05, 0.1) is 0 Å². The molecule has 0 radical (unpaired) electrons. The van der Waals surface area contributed by atoms with E-state index < -0.39 is 0 Å². The van der Waals surface area contributed by atoms with Crippen molar-refractivity contribution in [2.24, 2.45) is 0 Å². The molecule has 10 heavy (non-hydrogen) atoms. The molecule has 1 N–H and O–H groups in total. The fourth-order valence-corrected chi connectivity index (χ4v) is 0.988. The van der Waals surface area contributed by atoms with E-state index >= 15 is 0 Å². The van der Waals surface area contributed by atoms with Crippen LogP contribution in [0, 0.1) is 6.57 Å². The summed E-state index contributed by atoms with van der Waals surface area (Å²) < 4.78 is 5.37. The van der Waals surface area contributed by atoms with Crippen LogP contribution in [0.3, 0.4) is 0 Å². The second kappa shape index (κ2) is 4.26. The van der Waals surface area contributed by atoms with E-state index in [0.717, 1.165) is 26.1 Å². The monoisotopic (exact) mass is 140 g/mol. The van der Waals surface area contributed by atoms with E-state index in [0.29, 0.717) is 6.54 Å². The predicted octanol–water partition coefficient (Wildman–Crippen LogP) is 0.284. The molecule has 0 aromatic carbocycles. The zero-order valence-electron chi connectivity index (χ0n) is 5.97. The Morgan fingerprint density at radius 1 is 1.70 bits per heavy atom. The van der Waals surface area contributed by atoms with Crippen molar-refractivity contribution in [3.05, 3.63) is 11.4 Å². The second-order valence-corrected chi connectivity index (χ2v) is 2.39. The molecular weight excluding hydrogens is 128 g/mol. The third-order valence-electron chi connectivity index (χ3n) is 1.52. The SMILES string of the molecule is [C-]#[N+]CC1CNCCCO1. The summed E-state index contributed by atoms with van der Waals surface area (Å²) in [5.74, 6) is 0. The third-order valence-corrected chi connectivity index (χ3v) is 1.52. The molecule has 0 bridgehead atoms. The van der Waals surface area contributed by atoms with Gasteiger partial charge in [-0.3, -0.25) is 0 Å². The van der Waals surface area contributed by atoms with Crippen LogP contribution in [0.4, 0.5) is 0 Å². The van der Waals surface area contributed by atoms with Gasteiger partial charge in [0.2, 0.25) is 6.54 Å². The van der Waals surface area contributed by atoms with Gasteiger partial charge < -0.3 is 14.9 Å². The van der Waals surface area contributed by atoms with E-state index in [4.69, 9.17) is 11.3 Å². The summed E-state index contributed by atoms with van der Waals surface area (Å²) in [6, 6.07) is 0. The van der Waals surface area contributed by atoms with Crippen molar-refractivity contribution in [1.29, 1.82) is 0 Å². The Balaban J connectivity index is 2.23. The van der Waals surface area contributed by atoms with Crippen molar-refractivity contribution in [2.75, 3.05) is 26.2 Å². The van der Waals surface area contributed by atoms with Gasteiger partial charge in [-0.05, 0) is 13.0 Å². The van der Waals surface area contributed by atoms with Crippen molar-refractivity contribution >= 4 is 0 Å². The number of nitrogens with zero attached hydrogens (tertiary/aromatic N) is 1. The maximum Gasteiger partial charge on any atom is 0.241 e. The normalized spacial score (nSPS) is 26.9. The van der Waals surface area contributed by atoms with Gasteiger partial charge in [-0.1, -0.05) is 0 Å². The first-order valence-electron chi connectivity index (χ1n) is 3.59. The minimum Gasteiger partial charge on any atom is -0.369 e. The third kappa shape index (κ3) is 2.34. The first-order valence-corrected chi connectivity index (χ1v) is 3.59. The number of nitrogens with one attached hydrogen (secondary N) is 1. The molecule has 1 aliphatic heterocycles. The molecule has 1 atom stereocenters. The van der Waals surface area contributed by atoms with Gasteiger partial charge in [0.25, 0.3) is 0 Å². The Morgan fingerprint density at radius 3 is 3.40 bits per heavy atom. The minimum atomic E-state index is 0.125. The fraction of sp³-hybridized carbons (Fsp3) is 0.857. The van der Waals surface area contributed by atoms with Crippen LogP contribution in [-0.4, -0.2) is 32.3 Å². The molecule has 3 heteroatoms. The molecule has 1 fully saturated rings. The Morgan fingerprint density at radius 2 is 2.60 bits per heavy atom. The summed E-state index contributed by atoms with van der Waals surface area (Å²) >= 11 is 0. The molecule has 0 spiro atoms. The van der Waals surface area contributed by atoms with Crippen LogP contribution >= 0.6 is 0 Å². The molecule has 3 nitrogen and oxygen atoms in total. The molecule has 1 aliphatic rings. The van der Waals surface area contributed by atoms with Gasteiger partial charge in [0.15, 0.2) is 0 Å². The summed E-state index contributed by atoms with van der Waals surface area (Å²) in [6.45, 7) is 9.78. The maximum atomic E-state index is 6.63. The Hall–Kier alpha value is -0.590. The van der Waals surface area contributed by atoms with E-state index in [2.05, 4.69) is 10.2 Å². The van der Waals surface area contributed by atoms with Crippen molar-refractivity contribution in [3.63, 3.8) is 0 Å². The van der Waals surface area contributed by atoms with Crippen LogP contribution < -0.4 is 5.32 Å². The molecule has 0 aromatic heterocycles. The zero-order valence-corrected chi connectivity index (χ0v) is 5.97. The number of hydrogen-bond donors (Lipinski definition) is 1. The lowest BCUT2D eigenvalue weighted by Gasteiger charge is -2.06. The minimum absolute atomic E-state index is 0.125. The van der Waals surface area contributed by atoms with Crippen LogP contribution in [0.2, 0.25) is 0 Å². The topological polar surface area (TPSA) is 25.6 Å². The first-order chi connectivity index (χ1) is 4.93. The molecule has 56 valence electrons. The molecule has 1 heterocycles. The highest BCUT2D eigenvalue weighted by molar-refractivity contribution is 4.74. The average Bonchev–Trinajstić information content (AvgIpc) is 2.17. The average molecular weight is 140 g/mol. The maximum absolute atomic E-state index is 6.63. The summed E-state index contributed by atoms with van der Waals surface area (Å²) in [6.07, 6.45) is 1.19. The number of hydrogen-bond acceptors (Lipinski definition) is 2. The highest BCUT2D eigenvalue weighted by atomic mass is 16.5. The lowest BCUT2D eigenvalue weighted by atomic mass is 10.3. The zero-order chi connectivity index (χ0) is 7.23. The predicted molar refractivity (Wildman–Crippen MR) is 38.7 cm³/mol. The summed E-state index contributed by atoms with van der Waals surface area (Å²) in [4.78, 5) is 3.29. The summed E-state index contributed by atoms with van der Waals surface area (Å²) in [5, 5.41) is 3.21. The second-order valence-electron chi connectivity index (χ2n) is 2.39. The Labute approximate surface area is 61.2 Å². The van der Waals surface area contributed by atoms with Crippen LogP contribution in [0.1, 0.15) is 6.42 Å². The van der Waals surface area contributed by atoms with E-state index in [-0.39, 0.29) is 6.10 Å². The number of ether oxygens (including phenoxy) is 1. The quantitative estimate of drug-likeness (QED) is 0.529. The largest absolute Gasteiger partial charge is 0.369 e. The highest BCUT2D eigenvalue weighted by Gasteiger charge is 2.13. The van der Waals surface area contributed by atoms with Gasteiger partial charge >= 0.3 is 0 Å². The van der Waals surface area contributed by atoms with E-state index in [1.807, 2.05) is 0 Å². The van der Waals surface area contributed by atoms with E-state index in [1.54, 1.807) is 0 Å². The van der Waals surface area contributed by atoms with Crippen molar-refractivity contribution in [3.8, 4) is 0 Å². The lowest BCUT2D eigenvalue weighted by Crippen LogP contribution is -2.27. The first kappa shape index (κ1) is 7.52. The fourth-order valence-electron chi connectivity index (χ4n) is 0.988. The standard InChI is InChI=1S/C7H12N2O/c1-8-5-7-6-9-3-2-4-10-7/h7,9H,2-6H2. The van der Waals surface area contributed by atoms with Crippen molar-refractivity contribution in [2.45, 2.75) is 12.5 Å². The van der Waals surface area contributed by atoms with Gasteiger partial charge in [-0.15, -0.1) is 0 Å². The van der Waals surface area contributed by atoms with Crippen LogP contribution in [-0.2, 0) is 4.74 Å². The molecule has 0 aliphatic carbocycles. The molecule has 0 aromatic rings. The molecule has 1 rings (SSSR count). The summed E-state index contributed by atoms with van der Waals surface area (Å²) in [5.41, 5.74) is 0. The molecule has 1 unspecified atom stereocenters. The Bertz CT molecular complexity index is 122. The van der Waals surface area contributed by atoms with Crippen LogP contribution in [0.15, 0.2) is 0 Å². The number of rotatable bonds is 1. The highest BCUT2D eigenvalue weighted by Crippen LogP contribution is 1.97. The molecule has 0 amide bonds. The molecule has 0 saturated carbocycles. The van der Waals surface area contributed by atoms with Gasteiger partial charge in [-0.2, -0.15) is 0 Å². The van der Waals surface area contributed by atoms with E-state index in [9.17, 15) is 0 Å². The van der Waals surface area contributed by atoms with Gasteiger partial charge in [-0.25, -0.2) is 6.57 Å². The van der Waals surface area contributed by atoms with Crippen molar-refractivity contribution in [1.82, 2.24) is 5.32 Å². The summed E-state index contributed by atoms with van der Waals surface area (Å²) in [7, 11) is 0. The smallest absolute Gasteiger partial charge is 0.241 e. The van der Waals surface area contributed by atoms with Crippen LogP contribution in [0.25, 0.3) is 4.85 Å².